The molecule has 5 heteroatoms. The summed E-state index contributed by atoms with van der Waals surface area (Å²) in [6.45, 7) is 2.44. The molecule has 2 bridgehead atoms. The van der Waals surface area contributed by atoms with Crippen LogP contribution in [-0.2, 0) is 17.5 Å². The molecule has 0 aromatic heterocycles. The van der Waals surface area contributed by atoms with E-state index in [1.54, 1.807) is 0 Å². The molecule has 3 aliphatic heterocycles. The zero-order valence-electron chi connectivity index (χ0n) is 18.4. The second kappa shape index (κ2) is 9.32. The van der Waals surface area contributed by atoms with Gasteiger partial charge in [0, 0.05) is 12.0 Å². The lowest BCUT2D eigenvalue weighted by Crippen LogP contribution is -2.60. The van der Waals surface area contributed by atoms with E-state index in [9.17, 15) is 13.2 Å². The van der Waals surface area contributed by atoms with E-state index in [-0.39, 0.29) is 18.1 Å². The summed E-state index contributed by atoms with van der Waals surface area (Å²) in [6.07, 6.45) is -2.09. The first-order chi connectivity index (χ1) is 16.0. The van der Waals surface area contributed by atoms with E-state index in [4.69, 9.17) is 4.74 Å². The molecule has 0 amide bonds. The van der Waals surface area contributed by atoms with Gasteiger partial charge in [-0.05, 0) is 60.7 Å². The van der Waals surface area contributed by atoms with Gasteiger partial charge in [0.05, 0.1) is 18.3 Å². The van der Waals surface area contributed by atoms with Crippen LogP contribution in [0.25, 0.3) is 0 Å². The Morgan fingerprint density at radius 1 is 0.788 bits per heavy atom. The molecule has 6 rings (SSSR count). The maximum Gasteiger partial charge on any atom is 0.416 e. The quantitative estimate of drug-likeness (QED) is 0.423. The van der Waals surface area contributed by atoms with Gasteiger partial charge in [-0.15, -0.1) is 0 Å². The number of rotatable bonds is 6. The Balaban J connectivity index is 1.43. The highest BCUT2D eigenvalue weighted by Crippen LogP contribution is 2.43. The van der Waals surface area contributed by atoms with Crippen LogP contribution in [-0.4, -0.2) is 30.1 Å². The summed E-state index contributed by atoms with van der Waals surface area (Å²) in [6, 6.07) is 26.7. The molecular weight excluding hydrogens is 423 g/mol. The largest absolute Gasteiger partial charge is 0.416 e. The van der Waals surface area contributed by atoms with E-state index in [1.165, 1.54) is 23.3 Å². The Bertz CT molecular complexity index is 989. The molecule has 0 N–H and O–H groups in total. The highest BCUT2D eigenvalue weighted by atomic mass is 19.4. The summed E-state index contributed by atoms with van der Waals surface area (Å²) < 4.78 is 45.3. The van der Waals surface area contributed by atoms with Crippen LogP contribution >= 0.6 is 0 Å². The number of halogens is 3. The lowest BCUT2D eigenvalue weighted by Gasteiger charge is -2.53. The monoisotopic (exact) mass is 451 g/mol. The van der Waals surface area contributed by atoms with Crippen LogP contribution in [0.15, 0.2) is 84.9 Å². The van der Waals surface area contributed by atoms with E-state index in [1.807, 2.05) is 12.1 Å². The molecule has 3 heterocycles. The molecular formula is C28H28F3NO. The van der Waals surface area contributed by atoms with E-state index in [0.29, 0.717) is 12.5 Å². The molecule has 3 fully saturated rings. The Kier molecular flexibility index (Phi) is 6.26. The van der Waals surface area contributed by atoms with E-state index < -0.39 is 11.7 Å². The number of benzene rings is 3. The van der Waals surface area contributed by atoms with E-state index >= 15 is 0 Å². The summed E-state index contributed by atoms with van der Waals surface area (Å²) >= 11 is 0. The standard InChI is InChI=1S/C28H28F3NO/c29-28(30,31)24-13-11-20(12-14-24)19-33-27-23-15-17-32(18-16-23)26(27)25(21-7-3-1-4-8-21)22-9-5-2-6-10-22/h1-14,23,25-27H,15-19H2/t26-,27-/m1/s1. The van der Waals surface area contributed by atoms with Crippen molar-refractivity contribution in [1.29, 1.82) is 0 Å². The summed E-state index contributed by atoms with van der Waals surface area (Å²) in [5.74, 6) is 0.637. The summed E-state index contributed by atoms with van der Waals surface area (Å²) in [5.41, 5.74) is 2.68. The number of fused-ring (bicyclic) bond motifs is 3. The smallest absolute Gasteiger partial charge is 0.372 e. The minimum atomic E-state index is -4.32. The fourth-order valence-electron chi connectivity index (χ4n) is 5.56. The Morgan fingerprint density at radius 2 is 1.33 bits per heavy atom. The molecule has 172 valence electrons. The predicted octanol–water partition coefficient (Wildman–Crippen LogP) is 6.52. The third kappa shape index (κ3) is 4.71. The molecule has 0 spiro atoms. The van der Waals surface area contributed by atoms with E-state index in [2.05, 4.69) is 53.4 Å². The van der Waals surface area contributed by atoms with Gasteiger partial charge < -0.3 is 4.74 Å². The summed E-state index contributed by atoms with van der Waals surface area (Å²) in [7, 11) is 0. The topological polar surface area (TPSA) is 12.5 Å². The lowest BCUT2D eigenvalue weighted by atomic mass is 9.72. The van der Waals surface area contributed by atoms with Crippen molar-refractivity contribution in [1.82, 2.24) is 4.90 Å². The first-order valence-electron chi connectivity index (χ1n) is 11.6. The molecule has 0 radical (unpaired) electrons. The molecule has 0 saturated carbocycles. The van der Waals surface area contributed by atoms with Crippen LogP contribution in [0.3, 0.4) is 0 Å². The highest BCUT2D eigenvalue weighted by Gasteiger charge is 2.47. The third-order valence-electron chi connectivity index (χ3n) is 7.18. The van der Waals surface area contributed by atoms with Gasteiger partial charge in [-0.2, -0.15) is 13.2 Å². The van der Waals surface area contributed by atoms with Gasteiger partial charge in [-0.3, -0.25) is 4.90 Å². The van der Waals surface area contributed by atoms with Crippen molar-refractivity contribution in [3.05, 3.63) is 107 Å². The highest BCUT2D eigenvalue weighted by molar-refractivity contribution is 5.36. The van der Waals surface area contributed by atoms with Crippen LogP contribution in [0, 0.1) is 5.92 Å². The molecule has 3 aliphatic rings. The Morgan fingerprint density at radius 3 is 1.85 bits per heavy atom. The number of ether oxygens (including phenoxy) is 1. The van der Waals surface area contributed by atoms with Crippen LogP contribution in [0.1, 0.15) is 41.0 Å². The van der Waals surface area contributed by atoms with Crippen molar-refractivity contribution in [2.24, 2.45) is 5.92 Å². The summed E-state index contributed by atoms with van der Waals surface area (Å²) in [4.78, 5) is 2.56. The van der Waals surface area contributed by atoms with Gasteiger partial charge in [0.25, 0.3) is 0 Å². The molecule has 0 aliphatic carbocycles. The zero-order valence-corrected chi connectivity index (χ0v) is 18.4. The first kappa shape index (κ1) is 22.2. The van der Waals surface area contributed by atoms with Gasteiger partial charge in [0.1, 0.15) is 0 Å². The van der Waals surface area contributed by atoms with Crippen molar-refractivity contribution in [2.45, 2.75) is 43.7 Å². The van der Waals surface area contributed by atoms with Crippen LogP contribution in [0.2, 0.25) is 0 Å². The maximum absolute atomic E-state index is 12.9. The fourth-order valence-corrected chi connectivity index (χ4v) is 5.56. The third-order valence-corrected chi connectivity index (χ3v) is 7.18. The van der Waals surface area contributed by atoms with Crippen molar-refractivity contribution in [3.8, 4) is 0 Å². The van der Waals surface area contributed by atoms with Gasteiger partial charge in [0.2, 0.25) is 0 Å². The number of hydrogen-bond donors (Lipinski definition) is 0. The van der Waals surface area contributed by atoms with Crippen molar-refractivity contribution in [3.63, 3.8) is 0 Å². The number of piperidine rings is 3. The molecule has 0 unspecified atom stereocenters. The van der Waals surface area contributed by atoms with Gasteiger partial charge in [-0.1, -0.05) is 72.8 Å². The number of alkyl halides is 3. The summed E-state index contributed by atoms with van der Waals surface area (Å²) in [5, 5.41) is 0. The van der Waals surface area contributed by atoms with Gasteiger partial charge in [-0.25, -0.2) is 0 Å². The molecule has 3 aromatic carbocycles. The van der Waals surface area contributed by atoms with Crippen LogP contribution < -0.4 is 0 Å². The average Bonchev–Trinajstić information content (AvgIpc) is 2.85. The first-order valence-corrected chi connectivity index (χ1v) is 11.6. The van der Waals surface area contributed by atoms with Gasteiger partial charge >= 0.3 is 6.18 Å². The van der Waals surface area contributed by atoms with Crippen LogP contribution in [0.4, 0.5) is 13.2 Å². The van der Waals surface area contributed by atoms with Gasteiger partial charge in [0.15, 0.2) is 0 Å². The normalized spacial score (nSPS) is 24.8. The SMILES string of the molecule is FC(F)(F)c1ccc(CO[C@@H]2C3CCN(CC3)[C@@H]2C(c2ccccc2)c2ccccc2)cc1. The number of hydrogen-bond acceptors (Lipinski definition) is 2. The van der Waals surface area contributed by atoms with Crippen LogP contribution in [0.5, 0.6) is 0 Å². The van der Waals surface area contributed by atoms with Crippen molar-refractivity contribution >= 4 is 0 Å². The lowest BCUT2D eigenvalue weighted by molar-refractivity contribution is -0.137. The molecule has 3 aromatic rings. The second-order valence-corrected chi connectivity index (χ2v) is 9.13. The molecule has 2 atom stereocenters. The molecule has 2 nitrogen and oxygen atoms in total. The Labute approximate surface area is 193 Å². The average molecular weight is 452 g/mol. The van der Waals surface area contributed by atoms with Crippen molar-refractivity contribution < 1.29 is 17.9 Å². The van der Waals surface area contributed by atoms with E-state index in [0.717, 1.165) is 43.6 Å². The maximum atomic E-state index is 12.9. The minimum absolute atomic E-state index is 0.0280. The minimum Gasteiger partial charge on any atom is -0.372 e. The fraction of sp³-hybridized carbons (Fsp3) is 0.357. The Hall–Kier alpha value is -2.63. The predicted molar refractivity (Wildman–Crippen MR) is 123 cm³/mol. The molecule has 33 heavy (non-hydrogen) atoms. The zero-order chi connectivity index (χ0) is 22.8. The molecule has 3 saturated heterocycles. The second-order valence-electron chi connectivity index (χ2n) is 9.13. The number of nitrogens with zero attached hydrogens (tertiary/aromatic N) is 1. The van der Waals surface area contributed by atoms with Crippen molar-refractivity contribution in [2.75, 3.05) is 13.1 Å².